The summed E-state index contributed by atoms with van der Waals surface area (Å²) in [7, 11) is -6.37. The molecule has 0 radical (unpaired) electrons. The average Bonchev–Trinajstić information content (AvgIpc) is 2.81. The maximum atomic E-state index is 12.0. The van der Waals surface area contributed by atoms with E-state index in [1.807, 2.05) is 0 Å². The summed E-state index contributed by atoms with van der Waals surface area (Å²) in [4.78, 5) is 13.0. The number of anilines is 1. The van der Waals surface area contributed by atoms with Crippen molar-refractivity contribution in [2.45, 2.75) is 16.6 Å². The summed E-state index contributed by atoms with van der Waals surface area (Å²) in [6, 6.07) is 5.89. The Kier molecular flexibility index (Phi) is 4.06. The normalized spacial score (nSPS) is 20.0. The van der Waals surface area contributed by atoms with Gasteiger partial charge in [-0.15, -0.1) is 0 Å². The molecule has 0 saturated carbocycles. The van der Waals surface area contributed by atoms with Crippen LogP contribution < -0.4 is 14.8 Å². The smallest absolute Gasteiger partial charge is 0.242 e. The molecule has 1 unspecified atom stereocenters. The molecule has 1 amide bonds. The van der Waals surface area contributed by atoms with Gasteiger partial charge in [0.2, 0.25) is 26.0 Å². The first-order chi connectivity index (χ1) is 9.66. The zero-order valence-electron chi connectivity index (χ0n) is 11.2. The molecule has 1 aromatic rings. The van der Waals surface area contributed by atoms with Crippen LogP contribution >= 0.6 is 0 Å². The molecular weight excluding hydrogens is 318 g/mol. The Balaban J connectivity index is 2.47. The van der Waals surface area contributed by atoms with Gasteiger partial charge in [0, 0.05) is 13.0 Å². The van der Waals surface area contributed by atoms with Crippen LogP contribution in [0.4, 0.5) is 5.69 Å². The van der Waals surface area contributed by atoms with E-state index in [2.05, 4.69) is 4.72 Å². The molecule has 0 aliphatic carbocycles. The van der Waals surface area contributed by atoms with Crippen molar-refractivity contribution in [2.24, 2.45) is 5.14 Å². The molecule has 21 heavy (non-hydrogen) atoms. The third kappa shape index (κ3) is 3.07. The number of primary sulfonamides is 1. The second-order valence-electron chi connectivity index (χ2n) is 4.59. The van der Waals surface area contributed by atoms with E-state index < -0.39 is 31.2 Å². The van der Waals surface area contributed by atoms with Crippen LogP contribution in [0.5, 0.6) is 0 Å². The zero-order chi connectivity index (χ0) is 15.8. The number of sulfonamides is 2. The van der Waals surface area contributed by atoms with Crippen molar-refractivity contribution >= 4 is 31.6 Å². The summed E-state index contributed by atoms with van der Waals surface area (Å²) in [5, 5.41) is 4.02. The molecule has 10 heteroatoms. The van der Waals surface area contributed by atoms with Crippen LogP contribution in [-0.2, 0) is 24.8 Å². The first kappa shape index (κ1) is 15.9. The second-order valence-corrected chi connectivity index (χ2v) is 8.29. The lowest BCUT2D eigenvalue weighted by atomic mass is 10.3. The number of carbonyl (C=O) groups is 1. The number of nitrogens with two attached hydrogens (primary N) is 1. The van der Waals surface area contributed by atoms with Crippen molar-refractivity contribution < 1.29 is 21.6 Å². The summed E-state index contributed by atoms with van der Waals surface area (Å²) < 4.78 is 48.8. The molecule has 0 spiro atoms. The van der Waals surface area contributed by atoms with Crippen molar-refractivity contribution in [3.63, 3.8) is 0 Å². The fourth-order valence-corrected chi connectivity index (χ4v) is 3.81. The fourth-order valence-electron chi connectivity index (χ4n) is 2.15. The van der Waals surface area contributed by atoms with E-state index in [-0.39, 0.29) is 23.5 Å². The number of carbonyl (C=O) groups excluding carboxylic acids is 1. The van der Waals surface area contributed by atoms with Gasteiger partial charge in [0.15, 0.2) is 0 Å². The lowest BCUT2D eigenvalue weighted by Gasteiger charge is -2.19. The molecule has 2 rings (SSSR count). The van der Waals surface area contributed by atoms with Crippen LogP contribution in [0, 0.1) is 0 Å². The molecule has 1 fully saturated rings. The average molecular weight is 333 g/mol. The van der Waals surface area contributed by atoms with Crippen LogP contribution in [-0.4, -0.2) is 41.6 Å². The third-order valence-corrected chi connectivity index (χ3v) is 5.98. The second kappa shape index (κ2) is 5.37. The minimum atomic E-state index is -3.86. The van der Waals surface area contributed by atoms with Crippen molar-refractivity contribution in [3.8, 4) is 0 Å². The molecule has 1 heterocycles. The van der Waals surface area contributed by atoms with Gasteiger partial charge >= 0.3 is 0 Å². The minimum absolute atomic E-state index is 0.0871. The Hall–Kier alpha value is -1.49. The quantitative estimate of drug-likeness (QED) is 0.730. The number of amides is 1. The predicted molar refractivity (Wildman–Crippen MR) is 76.6 cm³/mol. The summed E-state index contributed by atoms with van der Waals surface area (Å²) in [6.45, 7) is -0.159. The van der Waals surface area contributed by atoms with E-state index in [0.29, 0.717) is 0 Å². The Morgan fingerprint density at radius 2 is 1.86 bits per heavy atom. The number of hydrogen-bond donors (Lipinski definition) is 2. The van der Waals surface area contributed by atoms with E-state index in [0.717, 1.165) is 4.90 Å². The van der Waals surface area contributed by atoms with Gasteiger partial charge in [-0.3, -0.25) is 4.79 Å². The number of hydrogen-bond acceptors (Lipinski definition) is 5. The number of rotatable bonds is 4. The van der Waals surface area contributed by atoms with E-state index in [4.69, 9.17) is 5.14 Å². The zero-order valence-corrected chi connectivity index (χ0v) is 12.8. The van der Waals surface area contributed by atoms with Gasteiger partial charge < -0.3 is 4.90 Å². The maximum absolute atomic E-state index is 12.0. The Labute approximate surface area is 123 Å². The Morgan fingerprint density at radius 1 is 1.24 bits per heavy atom. The molecule has 1 atom stereocenters. The van der Waals surface area contributed by atoms with Gasteiger partial charge in [-0.05, 0) is 19.2 Å². The molecule has 1 aromatic carbocycles. The van der Waals surface area contributed by atoms with E-state index in [1.165, 1.54) is 25.2 Å². The number of para-hydroxylation sites is 1. The summed E-state index contributed by atoms with van der Waals surface area (Å²) in [6.07, 6.45) is -0.257. The lowest BCUT2D eigenvalue weighted by Crippen LogP contribution is -2.33. The third-order valence-electron chi connectivity index (χ3n) is 3.27. The van der Waals surface area contributed by atoms with Crippen LogP contribution in [0.2, 0.25) is 0 Å². The molecule has 0 bridgehead atoms. The first-order valence-electron chi connectivity index (χ1n) is 6.01. The van der Waals surface area contributed by atoms with Crippen molar-refractivity contribution in [2.75, 3.05) is 18.5 Å². The van der Waals surface area contributed by atoms with Gasteiger partial charge in [0.25, 0.3) is 0 Å². The summed E-state index contributed by atoms with van der Waals surface area (Å²) in [5.74, 6) is -0.479. The van der Waals surface area contributed by atoms with E-state index in [1.54, 1.807) is 6.07 Å². The van der Waals surface area contributed by atoms with Gasteiger partial charge in [0.05, 0.1) is 5.69 Å². The van der Waals surface area contributed by atoms with Gasteiger partial charge in [0.1, 0.15) is 10.1 Å². The first-order valence-corrected chi connectivity index (χ1v) is 9.10. The fraction of sp³-hybridized carbons (Fsp3) is 0.364. The number of nitrogens with one attached hydrogen (secondary N) is 1. The largest absolute Gasteiger partial charge is 0.310 e. The topological polar surface area (TPSA) is 127 Å². The Morgan fingerprint density at radius 3 is 2.38 bits per heavy atom. The Bertz CT molecular complexity index is 773. The van der Waals surface area contributed by atoms with Gasteiger partial charge in [-0.2, -0.15) is 0 Å². The minimum Gasteiger partial charge on any atom is -0.310 e. The van der Waals surface area contributed by atoms with Crippen LogP contribution in [0.25, 0.3) is 0 Å². The van der Waals surface area contributed by atoms with Gasteiger partial charge in [-0.1, -0.05) is 12.1 Å². The van der Waals surface area contributed by atoms with E-state index in [9.17, 15) is 21.6 Å². The van der Waals surface area contributed by atoms with E-state index >= 15 is 0 Å². The predicted octanol–water partition coefficient (Wildman–Crippen LogP) is -1.01. The van der Waals surface area contributed by atoms with Crippen molar-refractivity contribution in [1.29, 1.82) is 0 Å². The van der Waals surface area contributed by atoms with Crippen molar-refractivity contribution in [1.82, 2.24) is 4.72 Å². The summed E-state index contributed by atoms with van der Waals surface area (Å²) in [5.41, 5.74) is 0.142. The van der Waals surface area contributed by atoms with Crippen LogP contribution in [0.15, 0.2) is 29.2 Å². The molecule has 1 saturated heterocycles. The highest BCUT2D eigenvalue weighted by Crippen LogP contribution is 2.29. The SMILES string of the molecule is CNS(=O)(=O)c1ccccc1N1CC(S(N)(=O)=O)CC1=O. The standard InChI is InChI=1S/C11H15N3O5S2/c1-13-21(18,19)10-5-3-2-4-9(10)14-7-8(6-11(14)15)20(12,16)17/h2-5,8,13H,6-7H2,1H3,(H2,12,16,17). The van der Waals surface area contributed by atoms with Crippen LogP contribution in [0.3, 0.4) is 0 Å². The highest BCUT2D eigenvalue weighted by molar-refractivity contribution is 7.90. The lowest BCUT2D eigenvalue weighted by molar-refractivity contribution is -0.117. The monoisotopic (exact) mass is 333 g/mol. The maximum Gasteiger partial charge on any atom is 0.242 e. The number of benzene rings is 1. The van der Waals surface area contributed by atoms with Crippen molar-refractivity contribution in [3.05, 3.63) is 24.3 Å². The summed E-state index contributed by atoms with van der Waals surface area (Å²) >= 11 is 0. The van der Waals surface area contributed by atoms with Gasteiger partial charge in [-0.25, -0.2) is 26.7 Å². The molecule has 116 valence electrons. The highest BCUT2D eigenvalue weighted by Gasteiger charge is 2.38. The molecule has 0 aromatic heterocycles. The highest BCUT2D eigenvalue weighted by atomic mass is 32.2. The number of nitrogens with zero attached hydrogens (tertiary/aromatic N) is 1. The molecule has 3 N–H and O–H groups in total. The molecule has 1 aliphatic rings. The molecule has 1 aliphatic heterocycles. The van der Waals surface area contributed by atoms with Crippen LogP contribution in [0.1, 0.15) is 6.42 Å². The molecule has 8 nitrogen and oxygen atoms in total. The molecular formula is C11H15N3O5S2.